The predicted octanol–water partition coefficient (Wildman–Crippen LogP) is 4.74. The number of likely N-dealkylation sites (tertiary alicyclic amines) is 1. The van der Waals surface area contributed by atoms with Crippen molar-refractivity contribution < 1.29 is 14.3 Å². The fraction of sp³-hybridized carbons (Fsp3) is 0.391. The topological polar surface area (TPSA) is 58.6 Å². The summed E-state index contributed by atoms with van der Waals surface area (Å²) in [5, 5.41) is 2.91. The number of para-hydroxylation sites is 2. The predicted molar refractivity (Wildman–Crippen MR) is 111 cm³/mol. The molecule has 0 saturated carbocycles. The van der Waals surface area contributed by atoms with Gasteiger partial charge in [0.2, 0.25) is 0 Å². The van der Waals surface area contributed by atoms with E-state index >= 15 is 0 Å². The number of carbonyl (C=O) groups is 2. The van der Waals surface area contributed by atoms with E-state index in [0.29, 0.717) is 29.2 Å². The molecule has 2 amide bonds. The van der Waals surface area contributed by atoms with Crippen molar-refractivity contribution >= 4 is 17.5 Å². The lowest BCUT2D eigenvalue weighted by Gasteiger charge is -2.18. The number of nitrogens with zero attached hydrogens (tertiary/aromatic N) is 1. The van der Waals surface area contributed by atoms with E-state index in [4.69, 9.17) is 4.74 Å². The van der Waals surface area contributed by atoms with Gasteiger partial charge in [0.25, 0.3) is 11.8 Å². The first-order valence-electron chi connectivity index (χ1n) is 10.1. The molecule has 1 saturated heterocycles. The number of ether oxygens (including phenoxy) is 1. The molecule has 1 aliphatic heterocycles. The van der Waals surface area contributed by atoms with Gasteiger partial charge in [-0.15, -0.1) is 0 Å². The van der Waals surface area contributed by atoms with Crippen LogP contribution in [0.3, 0.4) is 0 Å². The van der Waals surface area contributed by atoms with Crippen molar-refractivity contribution in [3.8, 4) is 5.75 Å². The minimum atomic E-state index is -0.271. The van der Waals surface area contributed by atoms with Gasteiger partial charge in [-0.3, -0.25) is 9.59 Å². The molecule has 5 heteroatoms. The van der Waals surface area contributed by atoms with E-state index in [2.05, 4.69) is 12.2 Å². The van der Waals surface area contributed by atoms with Gasteiger partial charge >= 0.3 is 0 Å². The SMILES string of the molecule is CCCCCOc1ccccc1C(=O)Nc1ccccc1C(=O)N1CCCC1. The Hall–Kier alpha value is -2.82. The standard InChI is InChI=1S/C23H28N2O3/c1-2-3-10-17-28-21-14-7-5-12-19(21)22(26)24-20-13-6-4-11-18(20)23(27)25-15-8-9-16-25/h4-7,11-14H,2-3,8-10,15-17H2,1H3,(H,24,26). The van der Waals surface area contributed by atoms with E-state index in [-0.39, 0.29) is 11.8 Å². The van der Waals surface area contributed by atoms with Gasteiger partial charge in [0.15, 0.2) is 0 Å². The van der Waals surface area contributed by atoms with Crippen LogP contribution < -0.4 is 10.1 Å². The van der Waals surface area contributed by atoms with E-state index in [1.54, 1.807) is 18.2 Å². The number of anilines is 1. The molecule has 0 unspecified atom stereocenters. The largest absolute Gasteiger partial charge is 0.493 e. The maximum Gasteiger partial charge on any atom is 0.259 e. The highest BCUT2D eigenvalue weighted by atomic mass is 16.5. The molecule has 0 radical (unpaired) electrons. The van der Waals surface area contributed by atoms with Crippen LogP contribution in [0.1, 0.15) is 59.7 Å². The Balaban J connectivity index is 1.74. The minimum absolute atomic E-state index is 0.0301. The second kappa shape index (κ2) is 9.93. The van der Waals surface area contributed by atoms with E-state index in [0.717, 1.165) is 45.2 Å². The molecule has 1 fully saturated rings. The Labute approximate surface area is 166 Å². The van der Waals surface area contributed by atoms with Gasteiger partial charge in [-0.2, -0.15) is 0 Å². The van der Waals surface area contributed by atoms with Crippen molar-refractivity contribution in [2.24, 2.45) is 0 Å². The smallest absolute Gasteiger partial charge is 0.259 e. The van der Waals surface area contributed by atoms with Crippen molar-refractivity contribution in [2.75, 3.05) is 25.0 Å². The molecular weight excluding hydrogens is 352 g/mol. The molecule has 0 aromatic heterocycles. The first-order valence-corrected chi connectivity index (χ1v) is 10.1. The highest BCUT2D eigenvalue weighted by Gasteiger charge is 2.23. The maximum atomic E-state index is 12.9. The van der Waals surface area contributed by atoms with E-state index in [9.17, 15) is 9.59 Å². The van der Waals surface area contributed by atoms with Crippen LogP contribution in [0.5, 0.6) is 5.75 Å². The van der Waals surface area contributed by atoms with Crippen LogP contribution in [-0.2, 0) is 0 Å². The fourth-order valence-electron chi connectivity index (χ4n) is 3.37. The molecule has 0 spiro atoms. The number of hydrogen-bond acceptors (Lipinski definition) is 3. The Bertz CT molecular complexity index is 813. The Morgan fingerprint density at radius 2 is 1.64 bits per heavy atom. The Morgan fingerprint density at radius 1 is 0.964 bits per heavy atom. The van der Waals surface area contributed by atoms with Crippen LogP contribution in [-0.4, -0.2) is 36.4 Å². The summed E-state index contributed by atoms with van der Waals surface area (Å²) in [7, 11) is 0. The molecule has 2 aromatic carbocycles. The summed E-state index contributed by atoms with van der Waals surface area (Å²) >= 11 is 0. The maximum absolute atomic E-state index is 12.9. The summed E-state index contributed by atoms with van der Waals surface area (Å²) in [6.45, 7) is 4.27. The summed E-state index contributed by atoms with van der Waals surface area (Å²) in [6.07, 6.45) is 5.24. The molecular formula is C23H28N2O3. The summed E-state index contributed by atoms with van der Waals surface area (Å²) in [5.74, 6) is 0.268. The van der Waals surface area contributed by atoms with Crippen LogP contribution in [0.15, 0.2) is 48.5 Å². The number of benzene rings is 2. The van der Waals surface area contributed by atoms with Crippen molar-refractivity contribution in [2.45, 2.75) is 39.0 Å². The minimum Gasteiger partial charge on any atom is -0.493 e. The quantitative estimate of drug-likeness (QED) is 0.673. The third-order valence-electron chi connectivity index (χ3n) is 4.94. The molecule has 0 atom stereocenters. The third-order valence-corrected chi connectivity index (χ3v) is 4.94. The van der Waals surface area contributed by atoms with Crippen LogP contribution in [0.2, 0.25) is 0 Å². The van der Waals surface area contributed by atoms with Gasteiger partial charge < -0.3 is 15.0 Å². The van der Waals surface area contributed by atoms with E-state index in [1.807, 2.05) is 35.2 Å². The van der Waals surface area contributed by atoms with Gasteiger partial charge in [0, 0.05) is 13.1 Å². The summed E-state index contributed by atoms with van der Waals surface area (Å²) in [4.78, 5) is 27.6. The molecule has 0 bridgehead atoms. The molecule has 1 N–H and O–H groups in total. The van der Waals surface area contributed by atoms with Gasteiger partial charge in [-0.05, 0) is 43.5 Å². The second-order valence-corrected chi connectivity index (χ2v) is 7.05. The zero-order valence-corrected chi connectivity index (χ0v) is 16.4. The van der Waals surface area contributed by atoms with E-state index < -0.39 is 0 Å². The monoisotopic (exact) mass is 380 g/mol. The average Bonchev–Trinajstić information content (AvgIpc) is 3.26. The highest BCUT2D eigenvalue weighted by molar-refractivity contribution is 6.10. The zero-order valence-electron chi connectivity index (χ0n) is 16.4. The lowest BCUT2D eigenvalue weighted by Crippen LogP contribution is -2.28. The van der Waals surface area contributed by atoms with Gasteiger partial charge in [-0.1, -0.05) is 44.0 Å². The zero-order chi connectivity index (χ0) is 19.8. The van der Waals surface area contributed by atoms with E-state index in [1.165, 1.54) is 0 Å². The Kier molecular flexibility index (Phi) is 7.06. The van der Waals surface area contributed by atoms with Crippen molar-refractivity contribution in [1.82, 2.24) is 4.90 Å². The number of rotatable bonds is 8. The average molecular weight is 380 g/mol. The molecule has 1 heterocycles. The molecule has 3 rings (SSSR count). The number of amides is 2. The normalized spacial score (nSPS) is 13.4. The lowest BCUT2D eigenvalue weighted by molar-refractivity contribution is 0.0794. The number of unbranched alkanes of at least 4 members (excludes halogenated alkanes) is 2. The molecule has 28 heavy (non-hydrogen) atoms. The first kappa shape index (κ1) is 19.9. The highest BCUT2D eigenvalue weighted by Crippen LogP contribution is 2.23. The second-order valence-electron chi connectivity index (χ2n) is 7.05. The summed E-state index contributed by atoms with van der Waals surface area (Å²) < 4.78 is 5.82. The Morgan fingerprint density at radius 3 is 2.39 bits per heavy atom. The van der Waals surface area contributed by atoms with Gasteiger partial charge in [-0.25, -0.2) is 0 Å². The third kappa shape index (κ3) is 4.91. The van der Waals surface area contributed by atoms with Gasteiger partial charge in [0.05, 0.1) is 23.4 Å². The summed E-state index contributed by atoms with van der Waals surface area (Å²) in [6, 6.07) is 14.4. The first-order chi connectivity index (χ1) is 13.7. The van der Waals surface area contributed by atoms with Crippen LogP contribution in [0, 0.1) is 0 Å². The van der Waals surface area contributed by atoms with Crippen molar-refractivity contribution in [3.05, 3.63) is 59.7 Å². The number of carbonyl (C=O) groups excluding carboxylic acids is 2. The van der Waals surface area contributed by atoms with Crippen molar-refractivity contribution in [1.29, 1.82) is 0 Å². The molecule has 5 nitrogen and oxygen atoms in total. The lowest BCUT2D eigenvalue weighted by atomic mass is 10.1. The van der Waals surface area contributed by atoms with Crippen LogP contribution >= 0.6 is 0 Å². The van der Waals surface area contributed by atoms with Crippen LogP contribution in [0.25, 0.3) is 0 Å². The number of hydrogen-bond donors (Lipinski definition) is 1. The van der Waals surface area contributed by atoms with Crippen molar-refractivity contribution in [3.63, 3.8) is 0 Å². The molecule has 0 aliphatic carbocycles. The number of nitrogens with one attached hydrogen (secondary N) is 1. The fourth-order valence-corrected chi connectivity index (χ4v) is 3.37. The van der Waals surface area contributed by atoms with Crippen LogP contribution in [0.4, 0.5) is 5.69 Å². The van der Waals surface area contributed by atoms with Gasteiger partial charge in [0.1, 0.15) is 5.75 Å². The summed E-state index contributed by atoms with van der Waals surface area (Å²) in [5.41, 5.74) is 1.53. The molecule has 148 valence electrons. The molecule has 1 aliphatic rings. The molecule has 2 aromatic rings.